The van der Waals surface area contributed by atoms with E-state index in [-0.39, 0.29) is 6.61 Å². The zero-order chi connectivity index (χ0) is 10.9. The summed E-state index contributed by atoms with van der Waals surface area (Å²) in [6.45, 7) is 3.85. The molecule has 1 aromatic carbocycles. The first-order chi connectivity index (χ1) is 7.33. The lowest BCUT2D eigenvalue weighted by molar-refractivity contribution is 0.115. The van der Waals surface area contributed by atoms with Crippen molar-refractivity contribution in [1.29, 1.82) is 0 Å². The average Bonchev–Trinajstić information content (AvgIpc) is 2.26. The number of unbranched alkanes of at least 4 members (excludes halogenated alkanes) is 2. The summed E-state index contributed by atoms with van der Waals surface area (Å²) >= 11 is 0. The molecule has 0 unspecified atom stereocenters. The molecule has 1 N–H and O–H groups in total. The van der Waals surface area contributed by atoms with Crippen LogP contribution in [0.4, 0.5) is 0 Å². The van der Waals surface area contributed by atoms with Gasteiger partial charge in [0.15, 0.2) is 0 Å². The van der Waals surface area contributed by atoms with Gasteiger partial charge in [-0.1, -0.05) is 29.8 Å². The maximum atomic E-state index is 8.59. The third-order valence-corrected chi connectivity index (χ3v) is 2.34. The minimum atomic E-state index is 0.290. The number of ether oxygens (including phenoxy) is 1. The van der Waals surface area contributed by atoms with Crippen molar-refractivity contribution >= 4 is 0 Å². The van der Waals surface area contributed by atoms with E-state index in [1.807, 2.05) is 0 Å². The van der Waals surface area contributed by atoms with Gasteiger partial charge in [-0.25, -0.2) is 0 Å². The van der Waals surface area contributed by atoms with Crippen LogP contribution < -0.4 is 0 Å². The maximum Gasteiger partial charge on any atom is 0.0716 e. The Bertz CT molecular complexity index is 254. The summed E-state index contributed by atoms with van der Waals surface area (Å²) in [7, 11) is 0. The molecule has 0 saturated heterocycles. The summed E-state index contributed by atoms with van der Waals surface area (Å²) < 4.78 is 5.52. The Kier molecular flexibility index (Phi) is 6.05. The molecular weight excluding hydrogens is 188 g/mol. The maximum absolute atomic E-state index is 8.59. The van der Waals surface area contributed by atoms with E-state index in [0.29, 0.717) is 6.61 Å². The van der Waals surface area contributed by atoms with Gasteiger partial charge in [-0.3, -0.25) is 0 Å². The molecule has 15 heavy (non-hydrogen) atoms. The summed E-state index contributed by atoms with van der Waals surface area (Å²) in [5.41, 5.74) is 2.50. The van der Waals surface area contributed by atoms with Gasteiger partial charge in [-0.05, 0) is 31.7 Å². The molecule has 0 aliphatic carbocycles. The Hall–Kier alpha value is -0.860. The monoisotopic (exact) mass is 208 g/mol. The molecule has 0 heterocycles. The lowest BCUT2D eigenvalue weighted by atomic mass is 10.2. The molecule has 0 saturated carbocycles. The van der Waals surface area contributed by atoms with Crippen LogP contribution in [0.3, 0.4) is 0 Å². The highest BCUT2D eigenvalue weighted by atomic mass is 16.5. The number of aliphatic hydroxyl groups is 1. The zero-order valence-corrected chi connectivity index (χ0v) is 9.41. The smallest absolute Gasteiger partial charge is 0.0716 e. The van der Waals surface area contributed by atoms with Gasteiger partial charge in [-0.15, -0.1) is 0 Å². The lowest BCUT2D eigenvalue weighted by Crippen LogP contribution is -1.96. The molecule has 2 heteroatoms. The average molecular weight is 208 g/mol. The predicted molar refractivity (Wildman–Crippen MR) is 61.8 cm³/mol. The summed E-state index contributed by atoms with van der Waals surface area (Å²) in [5.74, 6) is 0. The van der Waals surface area contributed by atoms with E-state index in [1.54, 1.807) is 0 Å². The van der Waals surface area contributed by atoms with Gasteiger partial charge in [0.05, 0.1) is 6.61 Å². The van der Waals surface area contributed by atoms with Crippen LogP contribution in [-0.4, -0.2) is 18.3 Å². The van der Waals surface area contributed by atoms with Crippen molar-refractivity contribution in [2.75, 3.05) is 13.2 Å². The second-order valence-corrected chi connectivity index (χ2v) is 3.82. The van der Waals surface area contributed by atoms with E-state index in [0.717, 1.165) is 25.9 Å². The van der Waals surface area contributed by atoms with E-state index in [4.69, 9.17) is 9.84 Å². The number of hydrogen-bond donors (Lipinski definition) is 1. The molecule has 2 nitrogen and oxygen atoms in total. The molecule has 0 fully saturated rings. The molecule has 0 aliphatic heterocycles. The summed E-state index contributed by atoms with van der Waals surface area (Å²) in [5, 5.41) is 8.59. The van der Waals surface area contributed by atoms with Crippen LogP contribution in [0.2, 0.25) is 0 Å². The Balaban J connectivity index is 2.07. The van der Waals surface area contributed by atoms with Gasteiger partial charge in [0.2, 0.25) is 0 Å². The van der Waals surface area contributed by atoms with E-state index < -0.39 is 0 Å². The third-order valence-electron chi connectivity index (χ3n) is 2.34. The summed E-state index contributed by atoms with van der Waals surface area (Å²) in [6.07, 6.45) is 2.96. The second-order valence-electron chi connectivity index (χ2n) is 3.82. The Morgan fingerprint density at radius 1 is 1.07 bits per heavy atom. The highest BCUT2D eigenvalue weighted by Gasteiger charge is 1.93. The lowest BCUT2D eigenvalue weighted by Gasteiger charge is -2.04. The predicted octanol–water partition coefficient (Wildman–Crippen LogP) is 2.67. The fourth-order valence-electron chi connectivity index (χ4n) is 1.37. The van der Waals surface area contributed by atoms with Gasteiger partial charge in [0, 0.05) is 13.2 Å². The highest BCUT2D eigenvalue weighted by Crippen LogP contribution is 2.05. The molecular formula is C13H20O2. The number of hydrogen-bond acceptors (Lipinski definition) is 2. The topological polar surface area (TPSA) is 29.5 Å². The molecule has 0 spiro atoms. The number of benzene rings is 1. The highest BCUT2D eigenvalue weighted by molar-refractivity contribution is 5.20. The van der Waals surface area contributed by atoms with Crippen LogP contribution in [0.1, 0.15) is 30.4 Å². The first-order valence-electron chi connectivity index (χ1n) is 5.57. The molecule has 0 bridgehead atoms. The van der Waals surface area contributed by atoms with E-state index in [1.165, 1.54) is 11.1 Å². The number of aliphatic hydroxyl groups excluding tert-OH is 1. The second kappa shape index (κ2) is 7.43. The Labute approximate surface area is 91.9 Å². The zero-order valence-electron chi connectivity index (χ0n) is 9.41. The van der Waals surface area contributed by atoms with Gasteiger partial charge >= 0.3 is 0 Å². The van der Waals surface area contributed by atoms with Crippen molar-refractivity contribution in [3.05, 3.63) is 35.4 Å². The molecule has 1 rings (SSSR count). The van der Waals surface area contributed by atoms with Crippen molar-refractivity contribution in [2.45, 2.75) is 32.8 Å². The number of aryl methyl sites for hydroxylation is 1. The standard InChI is InChI=1S/C13H20O2/c1-12-5-7-13(8-6-12)11-15-10-4-2-3-9-14/h5-8,14H,2-4,9-11H2,1H3. The normalized spacial score (nSPS) is 10.5. The van der Waals surface area contributed by atoms with Crippen molar-refractivity contribution in [1.82, 2.24) is 0 Å². The van der Waals surface area contributed by atoms with Crippen LogP contribution in [-0.2, 0) is 11.3 Å². The molecule has 0 aromatic heterocycles. The van der Waals surface area contributed by atoms with Crippen LogP contribution in [0.15, 0.2) is 24.3 Å². The van der Waals surface area contributed by atoms with E-state index >= 15 is 0 Å². The van der Waals surface area contributed by atoms with Crippen molar-refractivity contribution in [2.24, 2.45) is 0 Å². The minimum absolute atomic E-state index is 0.290. The van der Waals surface area contributed by atoms with Gasteiger partial charge in [0.25, 0.3) is 0 Å². The van der Waals surface area contributed by atoms with Crippen LogP contribution >= 0.6 is 0 Å². The molecule has 0 atom stereocenters. The molecule has 84 valence electrons. The van der Waals surface area contributed by atoms with Crippen LogP contribution in [0.5, 0.6) is 0 Å². The van der Waals surface area contributed by atoms with E-state index in [9.17, 15) is 0 Å². The van der Waals surface area contributed by atoms with Crippen molar-refractivity contribution in [3.63, 3.8) is 0 Å². The van der Waals surface area contributed by atoms with Gasteiger partial charge in [-0.2, -0.15) is 0 Å². The van der Waals surface area contributed by atoms with E-state index in [2.05, 4.69) is 31.2 Å². The van der Waals surface area contributed by atoms with Crippen LogP contribution in [0.25, 0.3) is 0 Å². The SMILES string of the molecule is Cc1ccc(COCCCCCO)cc1. The Morgan fingerprint density at radius 2 is 1.80 bits per heavy atom. The quantitative estimate of drug-likeness (QED) is 0.698. The van der Waals surface area contributed by atoms with Gasteiger partial charge in [0.1, 0.15) is 0 Å². The fourth-order valence-corrected chi connectivity index (χ4v) is 1.37. The summed E-state index contributed by atoms with van der Waals surface area (Å²) in [6, 6.07) is 8.40. The Morgan fingerprint density at radius 3 is 2.47 bits per heavy atom. The first kappa shape index (κ1) is 12.2. The van der Waals surface area contributed by atoms with Crippen molar-refractivity contribution < 1.29 is 9.84 Å². The minimum Gasteiger partial charge on any atom is -0.396 e. The fraction of sp³-hybridized carbons (Fsp3) is 0.538. The van der Waals surface area contributed by atoms with Crippen molar-refractivity contribution in [3.8, 4) is 0 Å². The number of rotatable bonds is 7. The molecule has 0 amide bonds. The molecule has 0 aliphatic rings. The van der Waals surface area contributed by atoms with Crippen LogP contribution in [0, 0.1) is 6.92 Å². The molecule has 1 aromatic rings. The third kappa shape index (κ3) is 5.55. The van der Waals surface area contributed by atoms with Gasteiger partial charge < -0.3 is 9.84 Å². The first-order valence-corrected chi connectivity index (χ1v) is 5.57. The largest absolute Gasteiger partial charge is 0.396 e. The summed E-state index contributed by atoms with van der Waals surface area (Å²) in [4.78, 5) is 0. The molecule has 0 radical (unpaired) electrons.